The molecule has 1 aromatic carbocycles. The number of hydrazone groups is 1. The number of rotatable bonds is 3. The topological polar surface area (TPSA) is 62.1 Å². The molecule has 0 spiro atoms. The number of ether oxygens (including phenoxy) is 1. The van der Waals surface area contributed by atoms with Gasteiger partial charge in [0.05, 0.1) is 5.92 Å². The number of carbonyl (C=O) groups is 1. The minimum atomic E-state index is -5.01. The zero-order valence-corrected chi connectivity index (χ0v) is 15.3. The number of aliphatic hydroxyl groups is 1. The van der Waals surface area contributed by atoms with Crippen molar-refractivity contribution in [1.29, 1.82) is 0 Å². The summed E-state index contributed by atoms with van der Waals surface area (Å²) >= 11 is 0. The Bertz CT molecular complexity index is 743. The molecule has 148 valence electrons. The highest BCUT2D eigenvalue weighted by atomic mass is 19.4. The Hall–Kier alpha value is -2.09. The molecule has 0 aromatic heterocycles. The van der Waals surface area contributed by atoms with Gasteiger partial charge in [-0.05, 0) is 56.4 Å². The van der Waals surface area contributed by atoms with Crippen LogP contribution in [0, 0.1) is 19.8 Å². The molecule has 1 aliphatic heterocycles. The highest BCUT2D eigenvalue weighted by Gasteiger charge is 2.68. The van der Waals surface area contributed by atoms with Gasteiger partial charge in [-0.15, -0.1) is 0 Å². The van der Waals surface area contributed by atoms with Gasteiger partial charge in [0, 0.05) is 5.71 Å². The Morgan fingerprint density at radius 3 is 2.56 bits per heavy atom. The maximum absolute atomic E-state index is 13.8. The summed E-state index contributed by atoms with van der Waals surface area (Å²) in [7, 11) is 0. The van der Waals surface area contributed by atoms with E-state index in [0.717, 1.165) is 17.5 Å². The van der Waals surface area contributed by atoms with Crippen molar-refractivity contribution in [2.75, 3.05) is 6.61 Å². The average molecular weight is 384 g/mol. The molecule has 1 N–H and O–H groups in total. The molecule has 1 saturated carbocycles. The largest absolute Gasteiger partial charge is 0.484 e. The standard InChI is InChI=1S/C19H23F3N2O3/c1-12-8-13(2)10-14(9-12)27-11-17(25)24-18(26,19(20,21)22)15-6-4-3-5-7-16(15)23-24/h8-10,15,26H,3-7,11H2,1-2H3/t15-,18+/m0/s1. The molecule has 0 unspecified atom stereocenters. The van der Waals surface area contributed by atoms with E-state index >= 15 is 0 Å². The minimum absolute atomic E-state index is 0.149. The van der Waals surface area contributed by atoms with Gasteiger partial charge in [-0.2, -0.15) is 23.3 Å². The molecule has 1 fully saturated rings. The second-order valence-corrected chi connectivity index (χ2v) is 7.28. The SMILES string of the molecule is Cc1cc(C)cc(OCC(=O)N2N=C3CCCCC[C@@H]3[C@@]2(O)C(F)(F)F)c1. The van der Waals surface area contributed by atoms with Crippen LogP contribution in [0.1, 0.15) is 43.2 Å². The molecule has 1 aliphatic carbocycles. The van der Waals surface area contributed by atoms with Crippen LogP contribution in [-0.2, 0) is 4.79 Å². The van der Waals surface area contributed by atoms with Gasteiger partial charge in [0.25, 0.3) is 11.6 Å². The number of halogens is 3. The summed E-state index contributed by atoms with van der Waals surface area (Å²) in [5, 5.41) is 14.7. The summed E-state index contributed by atoms with van der Waals surface area (Å²) in [6.07, 6.45) is -2.47. The molecule has 2 aliphatic rings. The summed E-state index contributed by atoms with van der Waals surface area (Å²) in [5.41, 5.74) is -1.25. The zero-order valence-electron chi connectivity index (χ0n) is 15.3. The fourth-order valence-corrected chi connectivity index (χ4v) is 3.86. The molecule has 27 heavy (non-hydrogen) atoms. The zero-order chi connectivity index (χ0) is 19.8. The van der Waals surface area contributed by atoms with Crippen LogP contribution in [0.25, 0.3) is 0 Å². The first-order chi connectivity index (χ1) is 12.6. The summed E-state index contributed by atoms with van der Waals surface area (Å²) in [5.74, 6) is -1.85. The van der Waals surface area contributed by atoms with Crippen molar-refractivity contribution in [2.45, 2.75) is 57.9 Å². The maximum Gasteiger partial charge on any atom is 0.439 e. The lowest BCUT2D eigenvalue weighted by Crippen LogP contribution is -2.61. The summed E-state index contributed by atoms with van der Waals surface area (Å²) in [6, 6.07) is 5.29. The Morgan fingerprint density at radius 1 is 1.26 bits per heavy atom. The summed E-state index contributed by atoms with van der Waals surface area (Å²) < 4.78 is 46.7. The third-order valence-corrected chi connectivity index (χ3v) is 5.08. The van der Waals surface area contributed by atoms with E-state index in [1.165, 1.54) is 0 Å². The second kappa shape index (κ2) is 7.14. The molecule has 3 rings (SSSR count). The first-order valence-corrected chi connectivity index (χ1v) is 9.03. The molecule has 8 heteroatoms. The van der Waals surface area contributed by atoms with Gasteiger partial charge in [0.2, 0.25) is 0 Å². The van der Waals surface area contributed by atoms with Crippen molar-refractivity contribution in [3.05, 3.63) is 29.3 Å². The Labute approximate surface area is 155 Å². The van der Waals surface area contributed by atoms with Crippen LogP contribution >= 0.6 is 0 Å². The number of carbonyl (C=O) groups excluding carboxylic acids is 1. The fourth-order valence-electron chi connectivity index (χ4n) is 3.86. The number of amides is 1. The first kappa shape index (κ1) is 19.7. The van der Waals surface area contributed by atoms with Crippen LogP contribution in [0.15, 0.2) is 23.3 Å². The second-order valence-electron chi connectivity index (χ2n) is 7.28. The summed E-state index contributed by atoms with van der Waals surface area (Å²) in [6.45, 7) is 3.07. The lowest BCUT2D eigenvalue weighted by molar-refractivity contribution is -0.317. The Balaban J connectivity index is 1.83. The average Bonchev–Trinajstić information content (AvgIpc) is 2.71. The highest BCUT2D eigenvalue weighted by molar-refractivity contribution is 5.93. The molecule has 1 heterocycles. The lowest BCUT2D eigenvalue weighted by atomic mass is 9.87. The predicted octanol–water partition coefficient (Wildman–Crippen LogP) is 3.71. The van der Waals surface area contributed by atoms with E-state index in [-0.39, 0.29) is 17.1 Å². The van der Waals surface area contributed by atoms with Gasteiger partial charge in [0.1, 0.15) is 5.75 Å². The first-order valence-electron chi connectivity index (χ1n) is 9.03. The minimum Gasteiger partial charge on any atom is -0.484 e. The van der Waals surface area contributed by atoms with Crippen LogP contribution in [-0.4, -0.2) is 40.2 Å². The molecule has 0 radical (unpaired) electrons. The van der Waals surface area contributed by atoms with Gasteiger partial charge in [-0.25, -0.2) is 0 Å². The van der Waals surface area contributed by atoms with Crippen LogP contribution in [0.2, 0.25) is 0 Å². The van der Waals surface area contributed by atoms with E-state index in [0.29, 0.717) is 25.0 Å². The smallest absolute Gasteiger partial charge is 0.439 e. The predicted molar refractivity (Wildman–Crippen MR) is 93.3 cm³/mol. The van der Waals surface area contributed by atoms with Crippen LogP contribution in [0.3, 0.4) is 0 Å². The molecule has 1 aromatic rings. The Morgan fingerprint density at radius 2 is 1.93 bits per heavy atom. The van der Waals surface area contributed by atoms with Gasteiger partial charge in [-0.1, -0.05) is 18.9 Å². The van der Waals surface area contributed by atoms with E-state index < -0.39 is 30.3 Å². The number of nitrogens with zero attached hydrogens (tertiary/aromatic N) is 2. The van der Waals surface area contributed by atoms with Crippen molar-refractivity contribution >= 4 is 11.6 Å². The van der Waals surface area contributed by atoms with Crippen LogP contribution in [0.5, 0.6) is 5.75 Å². The maximum atomic E-state index is 13.8. The quantitative estimate of drug-likeness (QED) is 0.864. The third kappa shape index (κ3) is 3.67. The molecule has 2 atom stereocenters. The van der Waals surface area contributed by atoms with E-state index in [2.05, 4.69) is 5.10 Å². The monoisotopic (exact) mass is 384 g/mol. The van der Waals surface area contributed by atoms with Crippen molar-refractivity contribution in [3.63, 3.8) is 0 Å². The lowest BCUT2D eigenvalue weighted by Gasteiger charge is -2.37. The van der Waals surface area contributed by atoms with Gasteiger partial charge in [0.15, 0.2) is 6.61 Å². The van der Waals surface area contributed by atoms with Crippen molar-refractivity contribution in [2.24, 2.45) is 11.0 Å². The number of hydrogen-bond acceptors (Lipinski definition) is 4. The van der Waals surface area contributed by atoms with Gasteiger partial charge < -0.3 is 9.84 Å². The van der Waals surface area contributed by atoms with E-state index in [1.54, 1.807) is 12.1 Å². The molecule has 5 nitrogen and oxygen atoms in total. The fraction of sp³-hybridized carbons (Fsp3) is 0.579. The van der Waals surface area contributed by atoms with E-state index in [4.69, 9.17) is 4.74 Å². The number of aryl methyl sites for hydroxylation is 2. The van der Waals surface area contributed by atoms with Gasteiger partial charge >= 0.3 is 6.18 Å². The summed E-state index contributed by atoms with van der Waals surface area (Å²) in [4.78, 5) is 12.5. The Kier molecular flexibility index (Phi) is 5.20. The molecule has 1 amide bonds. The molecule has 0 saturated heterocycles. The normalized spacial score (nSPS) is 25.6. The number of alkyl halides is 3. The molecular formula is C19H23F3N2O3. The molecular weight excluding hydrogens is 361 g/mol. The van der Waals surface area contributed by atoms with Crippen molar-refractivity contribution in [1.82, 2.24) is 5.01 Å². The number of benzene rings is 1. The highest BCUT2D eigenvalue weighted by Crippen LogP contribution is 2.47. The number of hydrogen-bond donors (Lipinski definition) is 1. The number of fused-ring (bicyclic) bond motifs is 1. The van der Waals surface area contributed by atoms with E-state index in [1.807, 2.05) is 19.9 Å². The van der Waals surface area contributed by atoms with Crippen molar-refractivity contribution < 1.29 is 27.8 Å². The van der Waals surface area contributed by atoms with Crippen LogP contribution in [0.4, 0.5) is 13.2 Å². The van der Waals surface area contributed by atoms with Crippen LogP contribution < -0.4 is 4.74 Å². The van der Waals surface area contributed by atoms with Crippen molar-refractivity contribution in [3.8, 4) is 5.75 Å². The van der Waals surface area contributed by atoms with E-state index in [9.17, 15) is 23.1 Å². The molecule has 0 bridgehead atoms. The third-order valence-electron chi connectivity index (χ3n) is 5.08. The van der Waals surface area contributed by atoms with Gasteiger partial charge in [-0.3, -0.25) is 4.79 Å².